The third-order valence-electron chi connectivity index (χ3n) is 5.05. The molecule has 3 aromatic heterocycles. The average Bonchev–Trinajstić information content (AvgIpc) is 3.50. The highest BCUT2D eigenvalue weighted by molar-refractivity contribution is 7.23. The first-order valence-electron chi connectivity index (χ1n) is 10.3. The molecule has 33 heavy (non-hydrogen) atoms. The highest BCUT2D eigenvalue weighted by Gasteiger charge is 2.27. The summed E-state index contributed by atoms with van der Waals surface area (Å²) in [5.74, 6) is 0.860. The summed E-state index contributed by atoms with van der Waals surface area (Å²) >= 11 is 3.18. The van der Waals surface area contributed by atoms with E-state index in [4.69, 9.17) is 9.47 Å². The minimum atomic E-state index is -0.744. The van der Waals surface area contributed by atoms with Gasteiger partial charge in [0, 0.05) is 12.6 Å². The van der Waals surface area contributed by atoms with Crippen LogP contribution in [0.3, 0.4) is 0 Å². The van der Waals surface area contributed by atoms with Crippen molar-refractivity contribution in [3.05, 3.63) is 70.0 Å². The molecular weight excluding hydrogens is 460 g/mol. The summed E-state index contributed by atoms with van der Waals surface area (Å²) in [6.45, 7) is 2.54. The van der Waals surface area contributed by atoms with Crippen molar-refractivity contribution in [3.8, 4) is 32.0 Å². The quantitative estimate of drug-likeness (QED) is 0.455. The van der Waals surface area contributed by atoms with Gasteiger partial charge in [0.1, 0.15) is 17.3 Å². The Labute approximate surface area is 197 Å². The molecule has 0 saturated heterocycles. The molecule has 10 heteroatoms. The van der Waals surface area contributed by atoms with Crippen LogP contribution in [0.5, 0.6) is 11.5 Å². The lowest BCUT2D eigenvalue weighted by Crippen LogP contribution is -2.45. The first-order chi connectivity index (χ1) is 16.1. The largest absolute Gasteiger partial charge is 0.485 e. The standard InChI is InChI=1S/C23H20N4O4S2/c1-14-21(33-23(25-14)19-7-4-12-32-19)15-8-9-20(28)27(26-15)11-10-24-22(29)18-13-30-16-5-2-3-6-17(16)31-18/h2-9,12,18H,10-11,13H2,1H3,(H,24,29). The number of carbonyl (C=O) groups excluding carboxylic acids is 1. The van der Waals surface area contributed by atoms with Gasteiger partial charge in [0.2, 0.25) is 6.10 Å². The normalized spacial score (nSPS) is 14.8. The van der Waals surface area contributed by atoms with Gasteiger partial charge < -0.3 is 14.8 Å². The molecule has 0 fully saturated rings. The number of nitrogens with zero attached hydrogens (tertiary/aromatic N) is 3. The molecule has 0 aliphatic carbocycles. The zero-order chi connectivity index (χ0) is 22.8. The van der Waals surface area contributed by atoms with Gasteiger partial charge in [-0.1, -0.05) is 18.2 Å². The molecule has 0 spiro atoms. The predicted molar refractivity (Wildman–Crippen MR) is 127 cm³/mol. The Morgan fingerprint density at radius 3 is 2.85 bits per heavy atom. The number of hydrogen-bond acceptors (Lipinski definition) is 8. The van der Waals surface area contributed by atoms with Gasteiger partial charge in [0.05, 0.1) is 22.0 Å². The number of hydrogen-bond donors (Lipinski definition) is 1. The third kappa shape index (κ3) is 4.53. The fourth-order valence-electron chi connectivity index (χ4n) is 3.42. The van der Waals surface area contributed by atoms with Crippen LogP contribution in [0.15, 0.2) is 58.7 Å². The first kappa shape index (κ1) is 21.4. The van der Waals surface area contributed by atoms with Crippen molar-refractivity contribution in [3.63, 3.8) is 0 Å². The van der Waals surface area contributed by atoms with Gasteiger partial charge in [-0.25, -0.2) is 9.67 Å². The molecule has 168 valence electrons. The highest BCUT2D eigenvalue weighted by atomic mass is 32.1. The number of ether oxygens (including phenoxy) is 2. The van der Waals surface area contributed by atoms with E-state index in [1.165, 1.54) is 10.7 Å². The van der Waals surface area contributed by atoms with Gasteiger partial charge in [-0.2, -0.15) is 5.10 Å². The van der Waals surface area contributed by atoms with Crippen LogP contribution in [0.4, 0.5) is 0 Å². The van der Waals surface area contributed by atoms with Crippen molar-refractivity contribution in [2.24, 2.45) is 0 Å². The fraction of sp³-hybridized carbons (Fsp3) is 0.217. The van der Waals surface area contributed by atoms with Crippen molar-refractivity contribution in [2.45, 2.75) is 19.6 Å². The van der Waals surface area contributed by atoms with Crippen LogP contribution in [0.2, 0.25) is 0 Å². The monoisotopic (exact) mass is 480 g/mol. The van der Waals surface area contributed by atoms with Crippen molar-refractivity contribution < 1.29 is 14.3 Å². The van der Waals surface area contributed by atoms with Crippen molar-refractivity contribution >= 4 is 28.6 Å². The Balaban J connectivity index is 1.24. The molecule has 1 aliphatic rings. The fourth-order valence-corrected chi connectivity index (χ4v) is 5.25. The van der Waals surface area contributed by atoms with Gasteiger partial charge in [0.15, 0.2) is 11.5 Å². The third-order valence-corrected chi connectivity index (χ3v) is 7.27. The van der Waals surface area contributed by atoms with Crippen molar-refractivity contribution in [1.29, 1.82) is 0 Å². The minimum absolute atomic E-state index is 0.133. The van der Waals surface area contributed by atoms with E-state index in [0.717, 1.165) is 20.5 Å². The van der Waals surface area contributed by atoms with Crippen molar-refractivity contribution in [1.82, 2.24) is 20.1 Å². The van der Waals surface area contributed by atoms with E-state index in [9.17, 15) is 9.59 Å². The summed E-state index contributed by atoms with van der Waals surface area (Å²) in [7, 11) is 0. The molecule has 1 N–H and O–H groups in total. The smallest absolute Gasteiger partial charge is 0.266 e. The minimum Gasteiger partial charge on any atom is -0.485 e. The number of thiazole rings is 1. The molecule has 0 saturated carbocycles. The molecule has 0 bridgehead atoms. The van der Waals surface area contributed by atoms with Crippen LogP contribution in [-0.2, 0) is 11.3 Å². The summed E-state index contributed by atoms with van der Waals surface area (Å²) in [5, 5.41) is 10.3. The van der Waals surface area contributed by atoms with Crippen LogP contribution in [0, 0.1) is 6.92 Å². The predicted octanol–water partition coefficient (Wildman–Crippen LogP) is 3.36. The summed E-state index contributed by atoms with van der Waals surface area (Å²) in [6, 6.07) is 14.4. The van der Waals surface area contributed by atoms with Crippen LogP contribution in [0.1, 0.15) is 5.69 Å². The Kier molecular flexibility index (Phi) is 5.93. The second-order valence-electron chi connectivity index (χ2n) is 7.35. The Morgan fingerprint density at radius 2 is 2.03 bits per heavy atom. The van der Waals surface area contributed by atoms with Crippen LogP contribution in [-0.4, -0.2) is 39.9 Å². The molecular formula is C23H20N4O4S2. The number of para-hydroxylation sites is 2. The van der Waals surface area contributed by atoms with Gasteiger partial charge in [-0.3, -0.25) is 9.59 Å². The highest BCUT2D eigenvalue weighted by Crippen LogP contribution is 2.35. The summed E-state index contributed by atoms with van der Waals surface area (Å²) in [5.41, 5.74) is 1.31. The van der Waals surface area contributed by atoms with Gasteiger partial charge in [0.25, 0.3) is 11.5 Å². The topological polar surface area (TPSA) is 95.3 Å². The van der Waals surface area contributed by atoms with E-state index in [2.05, 4.69) is 15.4 Å². The summed E-state index contributed by atoms with van der Waals surface area (Å²) < 4.78 is 12.7. The molecule has 4 aromatic rings. The zero-order valence-corrected chi connectivity index (χ0v) is 19.3. The molecule has 4 heterocycles. The molecule has 1 aromatic carbocycles. The van der Waals surface area contributed by atoms with Crippen LogP contribution >= 0.6 is 22.7 Å². The van der Waals surface area contributed by atoms with Gasteiger partial charge in [-0.15, -0.1) is 22.7 Å². The Hall–Kier alpha value is -3.50. The second-order valence-corrected chi connectivity index (χ2v) is 9.29. The van der Waals surface area contributed by atoms with E-state index >= 15 is 0 Å². The number of aryl methyl sites for hydroxylation is 1. The Bertz CT molecular complexity index is 1350. The maximum Gasteiger partial charge on any atom is 0.266 e. The number of nitrogens with one attached hydrogen (secondary N) is 1. The molecule has 1 atom stereocenters. The van der Waals surface area contributed by atoms with Crippen LogP contribution < -0.4 is 20.3 Å². The molecule has 5 rings (SSSR count). The number of fused-ring (bicyclic) bond motifs is 1. The lowest BCUT2D eigenvalue weighted by molar-refractivity contribution is -0.130. The number of benzene rings is 1. The maximum absolute atomic E-state index is 12.5. The molecule has 1 aliphatic heterocycles. The zero-order valence-electron chi connectivity index (χ0n) is 17.7. The van der Waals surface area contributed by atoms with Gasteiger partial charge in [-0.05, 0) is 36.6 Å². The van der Waals surface area contributed by atoms with Crippen LogP contribution in [0.25, 0.3) is 20.5 Å². The number of carbonyl (C=O) groups is 1. The van der Waals surface area contributed by atoms with E-state index in [1.54, 1.807) is 40.9 Å². The number of thiophene rings is 1. The number of amides is 1. The van der Waals surface area contributed by atoms with E-state index in [-0.39, 0.29) is 31.2 Å². The average molecular weight is 481 g/mol. The second kappa shape index (κ2) is 9.16. The van der Waals surface area contributed by atoms with Gasteiger partial charge >= 0.3 is 0 Å². The van der Waals surface area contributed by atoms with E-state index in [1.807, 2.05) is 36.6 Å². The number of aromatic nitrogens is 3. The maximum atomic E-state index is 12.5. The Morgan fingerprint density at radius 1 is 1.18 bits per heavy atom. The summed E-state index contributed by atoms with van der Waals surface area (Å²) in [4.78, 5) is 31.5. The van der Waals surface area contributed by atoms with E-state index in [0.29, 0.717) is 17.2 Å². The molecule has 0 radical (unpaired) electrons. The summed E-state index contributed by atoms with van der Waals surface area (Å²) in [6.07, 6.45) is -0.744. The first-order valence-corrected chi connectivity index (χ1v) is 12.0. The van der Waals surface area contributed by atoms with E-state index < -0.39 is 6.10 Å². The number of rotatable bonds is 6. The molecule has 1 unspecified atom stereocenters. The lowest BCUT2D eigenvalue weighted by Gasteiger charge is -2.25. The lowest BCUT2D eigenvalue weighted by atomic mass is 10.2. The molecule has 8 nitrogen and oxygen atoms in total. The van der Waals surface area contributed by atoms with Crippen molar-refractivity contribution in [2.75, 3.05) is 13.2 Å². The SMILES string of the molecule is Cc1nc(-c2cccs2)sc1-c1ccc(=O)n(CCNC(=O)C2COc3ccccc3O2)n1. The molecule has 1 amide bonds.